The Morgan fingerprint density at radius 2 is 1.72 bits per heavy atom. The maximum atomic E-state index is 12.8. The van der Waals surface area contributed by atoms with Gasteiger partial charge in [-0.1, -0.05) is 12.8 Å². The van der Waals surface area contributed by atoms with E-state index in [1.54, 1.807) is 28.6 Å². The second-order valence-corrected chi connectivity index (χ2v) is 10.0. The fraction of sp³-hybridized carbons (Fsp3) is 0.591. The summed E-state index contributed by atoms with van der Waals surface area (Å²) in [5.41, 5.74) is 0.526. The summed E-state index contributed by atoms with van der Waals surface area (Å²) < 4.78 is 32.6. The van der Waals surface area contributed by atoms with Gasteiger partial charge in [0.05, 0.1) is 11.5 Å². The summed E-state index contributed by atoms with van der Waals surface area (Å²) in [5.74, 6) is 3.40. The average molecular weight is 419 g/mol. The first kappa shape index (κ1) is 21.8. The quantitative estimate of drug-likeness (QED) is 0.526. The van der Waals surface area contributed by atoms with Crippen molar-refractivity contribution in [3.63, 3.8) is 0 Å². The molecule has 2 aliphatic rings. The van der Waals surface area contributed by atoms with Gasteiger partial charge < -0.3 is 9.64 Å². The number of benzene rings is 1. The number of terminal acetylenes is 1. The number of sulfonamides is 1. The van der Waals surface area contributed by atoms with Crippen LogP contribution in [-0.2, 0) is 14.8 Å². The van der Waals surface area contributed by atoms with Crippen LogP contribution in [0.1, 0.15) is 43.0 Å². The molecule has 1 aromatic rings. The third kappa shape index (κ3) is 5.39. The lowest BCUT2D eigenvalue weighted by Crippen LogP contribution is -2.39. The van der Waals surface area contributed by atoms with Crippen LogP contribution in [0.4, 0.5) is 0 Å². The zero-order chi connectivity index (χ0) is 20.9. The van der Waals surface area contributed by atoms with Crippen molar-refractivity contribution in [1.82, 2.24) is 9.21 Å². The molecule has 2 saturated heterocycles. The van der Waals surface area contributed by atoms with Crippen molar-refractivity contribution in [1.29, 1.82) is 0 Å². The molecular formula is C22H30N2O4S. The molecule has 7 heteroatoms. The van der Waals surface area contributed by atoms with Gasteiger partial charge in [0.2, 0.25) is 10.0 Å². The molecule has 0 spiro atoms. The largest absolute Gasteiger partial charge is 0.369 e. The van der Waals surface area contributed by atoms with Crippen LogP contribution in [0, 0.1) is 24.2 Å². The molecular weight excluding hydrogens is 388 g/mol. The van der Waals surface area contributed by atoms with E-state index in [1.807, 2.05) is 4.90 Å². The molecule has 2 heterocycles. The highest BCUT2D eigenvalue weighted by Crippen LogP contribution is 2.24. The molecule has 1 amide bonds. The van der Waals surface area contributed by atoms with Crippen LogP contribution in [0.3, 0.4) is 0 Å². The molecule has 0 atom stereocenters. The highest BCUT2D eigenvalue weighted by molar-refractivity contribution is 7.89. The first-order valence-electron chi connectivity index (χ1n) is 10.3. The lowest BCUT2D eigenvalue weighted by molar-refractivity contribution is 0.0582. The van der Waals surface area contributed by atoms with Crippen molar-refractivity contribution in [2.75, 3.05) is 39.4 Å². The zero-order valence-corrected chi connectivity index (χ0v) is 17.9. The van der Waals surface area contributed by atoms with Crippen LogP contribution in [0.5, 0.6) is 0 Å². The summed E-state index contributed by atoms with van der Waals surface area (Å²) in [6.07, 6.45) is 8.73. The number of rotatable bonds is 6. The van der Waals surface area contributed by atoms with Gasteiger partial charge >= 0.3 is 0 Å². The Morgan fingerprint density at radius 1 is 1.10 bits per heavy atom. The monoisotopic (exact) mass is 418 g/mol. The highest BCUT2D eigenvalue weighted by atomic mass is 32.2. The normalized spacial score (nSPS) is 19.8. The van der Waals surface area contributed by atoms with Gasteiger partial charge in [-0.15, -0.1) is 6.42 Å². The van der Waals surface area contributed by atoms with Crippen molar-refractivity contribution in [3.05, 3.63) is 29.8 Å². The topological polar surface area (TPSA) is 66.9 Å². The minimum absolute atomic E-state index is 0.0521. The van der Waals surface area contributed by atoms with Crippen molar-refractivity contribution in [2.45, 2.75) is 37.5 Å². The van der Waals surface area contributed by atoms with E-state index >= 15 is 0 Å². The Hall–Kier alpha value is -1.88. The second kappa shape index (κ2) is 9.75. The van der Waals surface area contributed by atoms with Crippen molar-refractivity contribution in [2.24, 2.45) is 11.8 Å². The van der Waals surface area contributed by atoms with Gasteiger partial charge in [-0.2, -0.15) is 4.31 Å². The molecule has 0 unspecified atom stereocenters. The molecule has 6 nitrogen and oxygen atoms in total. The predicted molar refractivity (Wildman–Crippen MR) is 112 cm³/mol. The zero-order valence-electron chi connectivity index (χ0n) is 17.0. The highest BCUT2D eigenvalue weighted by Gasteiger charge is 2.29. The summed E-state index contributed by atoms with van der Waals surface area (Å²) in [4.78, 5) is 14.9. The number of hydrogen-bond donors (Lipinski definition) is 0. The van der Waals surface area contributed by atoms with E-state index in [4.69, 9.17) is 11.2 Å². The van der Waals surface area contributed by atoms with Gasteiger partial charge in [0, 0.05) is 31.7 Å². The number of ether oxygens (including phenoxy) is 1. The third-order valence-corrected chi connectivity index (χ3v) is 7.84. The fourth-order valence-electron chi connectivity index (χ4n) is 3.91. The number of hydrogen-bond acceptors (Lipinski definition) is 4. The molecule has 158 valence electrons. The standard InChI is InChI=1S/C22H30N2O4S/c1-3-16-28-17-19-10-12-23(13-11-19)22(25)20-4-6-21(7-5-20)29(26,27)24-14-8-18(2)9-15-24/h1,4-7,18-19H,8-17H2,2H3. The Bertz CT molecular complexity index is 829. The van der Waals surface area contributed by atoms with Crippen LogP contribution in [0.25, 0.3) is 0 Å². The summed E-state index contributed by atoms with van der Waals surface area (Å²) in [6.45, 7) is 5.58. The van der Waals surface area contributed by atoms with Crippen molar-refractivity contribution < 1.29 is 17.9 Å². The Kier molecular flexibility index (Phi) is 7.33. The van der Waals surface area contributed by atoms with E-state index in [0.29, 0.717) is 56.8 Å². The minimum atomic E-state index is -3.49. The molecule has 0 saturated carbocycles. The smallest absolute Gasteiger partial charge is 0.253 e. The number of carbonyl (C=O) groups excluding carboxylic acids is 1. The summed E-state index contributed by atoms with van der Waals surface area (Å²) in [6, 6.07) is 6.37. The number of piperidine rings is 2. The number of nitrogens with zero attached hydrogens (tertiary/aromatic N) is 2. The molecule has 1 aromatic carbocycles. The fourth-order valence-corrected chi connectivity index (χ4v) is 5.38. The van der Waals surface area contributed by atoms with Crippen LogP contribution in [0.2, 0.25) is 0 Å². The van der Waals surface area contributed by atoms with E-state index in [9.17, 15) is 13.2 Å². The number of likely N-dealkylation sites (tertiary alicyclic amines) is 1. The Labute approximate surface area is 174 Å². The Morgan fingerprint density at radius 3 is 2.31 bits per heavy atom. The van der Waals surface area contributed by atoms with E-state index in [0.717, 1.165) is 25.7 Å². The van der Waals surface area contributed by atoms with Gasteiger partial charge in [-0.05, 0) is 61.8 Å². The van der Waals surface area contributed by atoms with E-state index < -0.39 is 10.0 Å². The average Bonchev–Trinajstić information content (AvgIpc) is 2.74. The summed E-state index contributed by atoms with van der Waals surface area (Å²) in [7, 11) is -3.49. The van der Waals surface area contributed by atoms with Crippen LogP contribution >= 0.6 is 0 Å². The van der Waals surface area contributed by atoms with Crippen molar-refractivity contribution >= 4 is 15.9 Å². The predicted octanol–water partition coefficient (Wildman–Crippen LogP) is 2.61. The molecule has 0 aromatic heterocycles. The van der Waals surface area contributed by atoms with Gasteiger partial charge in [0.25, 0.3) is 5.91 Å². The van der Waals surface area contributed by atoms with Crippen LogP contribution < -0.4 is 0 Å². The summed E-state index contributed by atoms with van der Waals surface area (Å²) in [5, 5.41) is 0. The second-order valence-electron chi connectivity index (χ2n) is 8.07. The molecule has 0 radical (unpaired) electrons. The number of carbonyl (C=O) groups is 1. The maximum absolute atomic E-state index is 12.8. The first-order valence-corrected chi connectivity index (χ1v) is 11.8. The summed E-state index contributed by atoms with van der Waals surface area (Å²) >= 11 is 0. The van der Waals surface area contributed by atoms with E-state index in [-0.39, 0.29) is 10.8 Å². The lowest BCUT2D eigenvalue weighted by atomic mass is 9.97. The van der Waals surface area contributed by atoms with Gasteiger partial charge in [0.15, 0.2) is 0 Å². The third-order valence-electron chi connectivity index (χ3n) is 5.92. The molecule has 0 bridgehead atoms. The van der Waals surface area contributed by atoms with Crippen molar-refractivity contribution in [3.8, 4) is 12.3 Å². The molecule has 29 heavy (non-hydrogen) atoms. The molecule has 0 aliphatic carbocycles. The van der Waals surface area contributed by atoms with E-state index in [1.165, 1.54) is 0 Å². The van der Waals surface area contributed by atoms with Gasteiger partial charge in [-0.3, -0.25) is 4.79 Å². The minimum Gasteiger partial charge on any atom is -0.369 e. The lowest BCUT2D eigenvalue weighted by Gasteiger charge is -2.32. The molecule has 0 N–H and O–H groups in total. The van der Waals surface area contributed by atoms with Crippen LogP contribution in [-0.4, -0.2) is 62.9 Å². The molecule has 2 aliphatic heterocycles. The van der Waals surface area contributed by atoms with Gasteiger partial charge in [0.1, 0.15) is 6.61 Å². The first-order chi connectivity index (χ1) is 13.9. The SMILES string of the molecule is C#CCOCC1CCN(C(=O)c2ccc(S(=O)(=O)N3CCC(C)CC3)cc2)CC1. The molecule has 3 rings (SSSR count). The number of amides is 1. The molecule has 2 fully saturated rings. The maximum Gasteiger partial charge on any atom is 0.253 e. The van der Waals surface area contributed by atoms with Gasteiger partial charge in [-0.25, -0.2) is 8.42 Å². The van der Waals surface area contributed by atoms with Crippen LogP contribution in [0.15, 0.2) is 29.2 Å². The van der Waals surface area contributed by atoms with E-state index in [2.05, 4.69) is 12.8 Å². The Balaban J connectivity index is 1.57.